The molecule has 1 heterocycles. The third-order valence-corrected chi connectivity index (χ3v) is 1.52. The molecule has 96 valence electrons. The summed E-state index contributed by atoms with van der Waals surface area (Å²) in [5.74, 6) is -8.13. The molecule has 10 heteroatoms. The van der Waals surface area contributed by atoms with Gasteiger partial charge in [0, 0.05) is 0 Å². The zero-order chi connectivity index (χ0) is 13.3. The Labute approximate surface area is 89.8 Å². The molecule has 0 aliphatic heterocycles. The lowest BCUT2D eigenvalue weighted by Crippen LogP contribution is -2.41. The van der Waals surface area contributed by atoms with Crippen LogP contribution < -0.4 is 4.74 Å². The van der Waals surface area contributed by atoms with Crippen molar-refractivity contribution in [2.45, 2.75) is 12.1 Å². The lowest BCUT2D eigenvalue weighted by atomic mass is 10.3. The fourth-order valence-electron chi connectivity index (χ4n) is 0.674. The quantitative estimate of drug-likeness (QED) is 0.838. The summed E-state index contributed by atoms with van der Waals surface area (Å²) in [7, 11) is 0. The molecule has 0 radical (unpaired) electrons. The van der Waals surface area contributed by atoms with Crippen LogP contribution in [0.5, 0.6) is 5.88 Å². The van der Waals surface area contributed by atoms with Gasteiger partial charge in [0.25, 0.3) is 5.88 Å². The van der Waals surface area contributed by atoms with E-state index < -0.39 is 36.3 Å². The second-order valence-corrected chi connectivity index (χ2v) is 2.83. The third kappa shape index (κ3) is 3.04. The van der Waals surface area contributed by atoms with Crippen LogP contribution in [0.2, 0.25) is 0 Å². The van der Waals surface area contributed by atoms with E-state index in [1.807, 2.05) is 0 Å². The fourth-order valence-corrected chi connectivity index (χ4v) is 0.674. The SMILES string of the molecule is O=C(O)c1cc(OCC(F)(F)C(F)(F)F)no1. The standard InChI is InChI=1S/C7H4F5NO4/c8-6(9,7(10,11)12)2-16-4-1-3(5(14)15)17-13-4/h1H,2H2,(H,14,15). The summed E-state index contributed by atoms with van der Waals surface area (Å²) >= 11 is 0. The summed E-state index contributed by atoms with van der Waals surface area (Å²) in [5, 5.41) is 11.2. The predicted molar refractivity (Wildman–Crippen MR) is 40.0 cm³/mol. The van der Waals surface area contributed by atoms with E-state index in [1.165, 1.54) is 0 Å². The normalized spacial score (nSPS) is 12.5. The van der Waals surface area contributed by atoms with Gasteiger partial charge >= 0.3 is 18.1 Å². The maximum Gasteiger partial charge on any atom is 0.456 e. The summed E-state index contributed by atoms with van der Waals surface area (Å²) in [6.45, 7) is -2.01. The molecular formula is C7H4F5NO4. The lowest BCUT2D eigenvalue weighted by molar-refractivity contribution is -0.290. The van der Waals surface area contributed by atoms with Crippen molar-refractivity contribution < 1.29 is 41.1 Å². The number of alkyl halides is 5. The number of carboxylic acids is 1. The van der Waals surface area contributed by atoms with Crippen LogP contribution in [-0.4, -0.2) is 34.9 Å². The molecule has 0 aliphatic rings. The van der Waals surface area contributed by atoms with Gasteiger partial charge in [0.1, 0.15) is 0 Å². The number of halogens is 5. The minimum atomic E-state index is -5.76. The molecule has 0 unspecified atom stereocenters. The number of hydrogen-bond acceptors (Lipinski definition) is 4. The van der Waals surface area contributed by atoms with Crippen LogP contribution in [0.1, 0.15) is 10.6 Å². The van der Waals surface area contributed by atoms with Gasteiger partial charge in [0.2, 0.25) is 5.76 Å². The Kier molecular flexibility index (Phi) is 3.25. The van der Waals surface area contributed by atoms with E-state index in [2.05, 4.69) is 14.4 Å². The number of carbonyl (C=O) groups is 1. The van der Waals surface area contributed by atoms with Gasteiger partial charge in [0.15, 0.2) is 6.61 Å². The molecule has 1 aromatic rings. The van der Waals surface area contributed by atoms with Gasteiger partial charge in [-0.15, -0.1) is 0 Å². The summed E-state index contributed by atoms with van der Waals surface area (Å²) in [4.78, 5) is 10.3. The molecule has 5 nitrogen and oxygen atoms in total. The number of carboxylic acid groups (broad SMARTS) is 1. The average molecular weight is 261 g/mol. The maximum absolute atomic E-state index is 12.4. The number of aromatic nitrogens is 1. The highest BCUT2D eigenvalue weighted by Gasteiger charge is 2.58. The largest absolute Gasteiger partial charge is 0.475 e. The smallest absolute Gasteiger partial charge is 0.456 e. The molecule has 0 saturated carbocycles. The molecule has 17 heavy (non-hydrogen) atoms. The Morgan fingerprint density at radius 1 is 1.41 bits per heavy atom. The Morgan fingerprint density at radius 3 is 2.41 bits per heavy atom. The first kappa shape index (κ1) is 13.2. The zero-order valence-corrected chi connectivity index (χ0v) is 7.79. The van der Waals surface area contributed by atoms with Crippen LogP contribution in [-0.2, 0) is 0 Å². The molecular weight excluding hydrogens is 257 g/mol. The first-order valence-corrected chi connectivity index (χ1v) is 3.91. The van der Waals surface area contributed by atoms with Crippen LogP contribution in [0, 0.1) is 0 Å². The Morgan fingerprint density at radius 2 is 2.00 bits per heavy atom. The van der Waals surface area contributed by atoms with Gasteiger partial charge in [0.05, 0.1) is 6.07 Å². The molecule has 0 amide bonds. The van der Waals surface area contributed by atoms with Crippen molar-refractivity contribution in [3.63, 3.8) is 0 Å². The van der Waals surface area contributed by atoms with E-state index in [1.54, 1.807) is 0 Å². The van der Waals surface area contributed by atoms with Crippen LogP contribution in [0.15, 0.2) is 10.6 Å². The van der Waals surface area contributed by atoms with Crippen molar-refractivity contribution in [1.29, 1.82) is 0 Å². The monoisotopic (exact) mass is 261 g/mol. The summed E-state index contributed by atoms with van der Waals surface area (Å²) in [6, 6.07) is 0.578. The van der Waals surface area contributed by atoms with E-state index in [-0.39, 0.29) is 0 Å². The predicted octanol–water partition coefficient (Wildman–Crippen LogP) is 1.95. The van der Waals surface area contributed by atoms with E-state index >= 15 is 0 Å². The van der Waals surface area contributed by atoms with E-state index in [0.29, 0.717) is 6.07 Å². The molecule has 0 atom stereocenters. The first-order chi connectivity index (χ1) is 7.63. The molecule has 0 bridgehead atoms. The Hall–Kier alpha value is -1.87. The number of ether oxygens (including phenoxy) is 1. The molecule has 0 aromatic carbocycles. The zero-order valence-electron chi connectivity index (χ0n) is 7.79. The number of aromatic carboxylic acids is 1. The van der Waals surface area contributed by atoms with Crippen LogP contribution in [0.4, 0.5) is 22.0 Å². The first-order valence-electron chi connectivity index (χ1n) is 3.91. The molecule has 0 aliphatic carbocycles. The molecule has 1 rings (SSSR count). The number of nitrogens with zero attached hydrogens (tertiary/aromatic N) is 1. The maximum atomic E-state index is 12.4. The Balaban J connectivity index is 2.64. The van der Waals surface area contributed by atoms with Gasteiger partial charge < -0.3 is 14.4 Å². The minimum Gasteiger partial charge on any atom is -0.475 e. The van der Waals surface area contributed by atoms with Gasteiger partial charge in [-0.25, -0.2) is 4.79 Å². The van der Waals surface area contributed by atoms with Crippen molar-refractivity contribution in [2.24, 2.45) is 0 Å². The third-order valence-electron chi connectivity index (χ3n) is 1.52. The second-order valence-electron chi connectivity index (χ2n) is 2.83. The molecule has 0 spiro atoms. The van der Waals surface area contributed by atoms with Gasteiger partial charge in [-0.05, 0) is 5.16 Å². The van der Waals surface area contributed by atoms with Gasteiger partial charge in [-0.3, -0.25) is 0 Å². The van der Waals surface area contributed by atoms with Crippen LogP contribution in [0.3, 0.4) is 0 Å². The highest BCUT2D eigenvalue weighted by Crippen LogP contribution is 2.35. The topological polar surface area (TPSA) is 72.6 Å². The molecule has 1 aromatic heterocycles. The highest BCUT2D eigenvalue weighted by molar-refractivity contribution is 5.84. The van der Waals surface area contributed by atoms with Crippen molar-refractivity contribution in [3.05, 3.63) is 11.8 Å². The molecule has 1 N–H and O–H groups in total. The lowest BCUT2D eigenvalue weighted by Gasteiger charge is -2.18. The Bertz CT molecular complexity index is 413. The van der Waals surface area contributed by atoms with E-state index in [4.69, 9.17) is 5.11 Å². The van der Waals surface area contributed by atoms with Crippen molar-refractivity contribution in [3.8, 4) is 5.88 Å². The van der Waals surface area contributed by atoms with E-state index in [0.717, 1.165) is 0 Å². The van der Waals surface area contributed by atoms with E-state index in [9.17, 15) is 26.7 Å². The molecule has 0 saturated heterocycles. The number of hydrogen-bond donors (Lipinski definition) is 1. The average Bonchev–Trinajstić information content (AvgIpc) is 2.61. The van der Waals surface area contributed by atoms with Crippen molar-refractivity contribution in [1.82, 2.24) is 5.16 Å². The van der Waals surface area contributed by atoms with Crippen LogP contribution in [0.25, 0.3) is 0 Å². The summed E-state index contributed by atoms with van der Waals surface area (Å²) in [6.07, 6.45) is -5.76. The number of rotatable bonds is 4. The summed E-state index contributed by atoms with van der Waals surface area (Å²) < 4.78 is 67.9. The van der Waals surface area contributed by atoms with Gasteiger partial charge in [-0.2, -0.15) is 22.0 Å². The second kappa shape index (κ2) is 4.18. The van der Waals surface area contributed by atoms with Gasteiger partial charge in [-0.1, -0.05) is 0 Å². The molecule has 0 fully saturated rings. The fraction of sp³-hybridized carbons (Fsp3) is 0.429. The summed E-state index contributed by atoms with van der Waals surface area (Å²) in [5.41, 5.74) is 0. The van der Waals surface area contributed by atoms with Crippen molar-refractivity contribution >= 4 is 5.97 Å². The van der Waals surface area contributed by atoms with Crippen LogP contribution >= 0.6 is 0 Å². The highest BCUT2D eigenvalue weighted by atomic mass is 19.4. The van der Waals surface area contributed by atoms with Crippen molar-refractivity contribution in [2.75, 3.05) is 6.61 Å². The minimum absolute atomic E-state index is 0.578.